The van der Waals surface area contributed by atoms with Crippen molar-refractivity contribution in [2.45, 2.75) is 19.9 Å². The van der Waals surface area contributed by atoms with Gasteiger partial charge < -0.3 is 24.1 Å². The summed E-state index contributed by atoms with van der Waals surface area (Å²) < 4.78 is 22.4. The van der Waals surface area contributed by atoms with Crippen LogP contribution >= 0.6 is 0 Å². The van der Waals surface area contributed by atoms with E-state index >= 15 is 0 Å². The number of methoxy groups -OCH3 is 1. The van der Waals surface area contributed by atoms with Crippen molar-refractivity contribution in [2.24, 2.45) is 5.92 Å². The van der Waals surface area contributed by atoms with E-state index in [9.17, 15) is 14.7 Å². The number of ketones is 1. The zero-order valence-corrected chi connectivity index (χ0v) is 21.5. The van der Waals surface area contributed by atoms with E-state index in [0.717, 1.165) is 0 Å². The molecule has 0 saturated carbocycles. The van der Waals surface area contributed by atoms with Crippen LogP contribution in [0, 0.1) is 5.92 Å². The van der Waals surface area contributed by atoms with Crippen LogP contribution in [0.3, 0.4) is 0 Å². The molecule has 1 N–H and O–H groups in total. The second-order valence-corrected chi connectivity index (χ2v) is 9.50. The Kier molecular flexibility index (Phi) is 6.96. The lowest BCUT2D eigenvalue weighted by molar-refractivity contribution is -0.132. The van der Waals surface area contributed by atoms with Gasteiger partial charge in [0, 0.05) is 11.3 Å². The molecule has 1 unspecified atom stereocenters. The van der Waals surface area contributed by atoms with Gasteiger partial charge in [0.15, 0.2) is 11.5 Å². The van der Waals surface area contributed by atoms with Crippen molar-refractivity contribution in [3.8, 4) is 23.0 Å². The third-order valence-electron chi connectivity index (χ3n) is 6.37. The van der Waals surface area contributed by atoms with Crippen molar-refractivity contribution in [3.05, 3.63) is 83.4 Å². The van der Waals surface area contributed by atoms with E-state index < -0.39 is 17.7 Å². The Morgan fingerprint density at radius 3 is 2.42 bits per heavy atom. The third-order valence-corrected chi connectivity index (χ3v) is 6.37. The van der Waals surface area contributed by atoms with Gasteiger partial charge in [0.2, 0.25) is 0 Å². The van der Waals surface area contributed by atoms with E-state index in [1.54, 1.807) is 73.8 Å². The lowest BCUT2D eigenvalue weighted by Crippen LogP contribution is -2.29. The Balaban J connectivity index is 1.61. The summed E-state index contributed by atoms with van der Waals surface area (Å²) in [6, 6.07) is 18.1. The van der Waals surface area contributed by atoms with E-state index in [1.807, 2.05) is 0 Å². The highest BCUT2D eigenvalue weighted by Crippen LogP contribution is 2.44. The number of aliphatic hydroxyl groups is 1. The number of hydrogen-bond acceptors (Lipinski definition) is 7. The van der Waals surface area contributed by atoms with Gasteiger partial charge in [-0.05, 0) is 66.1 Å². The number of hydrogen-bond donors (Lipinski definition) is 1. The molecule has 0 aliphatic carbocycles. The molecule has 8 heteroatoms. The second kappa shape index (κ2) is 10.5. The lowest BCUT2D eigenvalue weighted by Gasteiger charge is -2.26. The number of benzene rings is 3. The molecule has 0 spiro atoms. The quantitative estimate of drug-likeness (QED) is 0.265. The van der Waals surface area contributed by atoms with Crippen LogP contribution in [0.4, 0.5) is 5.69 Å². The molecule has 2 aliphatic rings. The largest absolute Gasteiger partial charge is 0.507 e. The van der Waals surface area contributed by atoms with Crippen LogP contribution in [0.25, 0.3) is 5.76 Å². The van der Waals surface area contributed by atoms with E-state index in [2.05, 4.69) is 13.8 Å². The van der Waals surface area contributed by atoms with E-state index in [4.69, 9.17) is 18.9 Å². The molecular formula is C30H29NO7. The topological polar surface area (TPSA) is 94.5 Å². The van der Waals surface area contributed by atoms with Crippen LogP contribution in [0.5, 0.6) is 23.0 Å². The van der Waals surface area contributed by atoms with Crippen molar-refractivity contribution in [1.82, 2.24) is 0 Å². The maximum atomic E-state index is 13.5. The normalized spacial score (nSPS) is 18.1. The minimum Gasteiger partial charge on any atom is -0.507 e. The van der Waals surface area contributed by atoms with Gasteiger partial charge in [-0.1, -0.05) is 26.0 Å². The molecule has 0 aromatic heterocycles. The minimum atomic E-state index is -0.888. The first-order valence-corrected chi connectivity index (χ1v) is 12.4. The SMILES string of the molecule is COc1cccc(C2/C(=C(/O)c3ccc4c(c3)OCCO4)C(=O)C(=O)N2c2ccc(OCC(C)C)cc2)c1. The van der Waals surface area contributed by atoms with Crippen LogP contribution in [-0.4, -0.2) is 43.7 Å². The molecule has 3 aromatic rings. The molecule has 2 aliphatic heterocycles. The molecule has 2 heterocycles. The van der Waals surface area contributed by atoms with E-state index in [-0.39, 0.29) is 11.3 Å². The molecule has 1 fully saturated rings. The Morgan fingerprint density at radius 2 is 1.71 bits per heavy atom. The molecule has 1 amide bonds. The predicted molar refractivity (Wildman–Crippen MR) is 142 cm³/mol. The number of Topliss-reactive ketones (excluding diaryl/α,β-unsaturated/α-hetero) is 1. The lowest BCUT2D eigenvalue weighted by atomic mass is 9.94. The van der Waals surface area contributed by atoms with Gasteiger partial charge in [0.1, 0.15) is 30.5 Å². The van der Waals surface area contributed by atoms with Crippen LogP contribution in [0.1, 0.15) is 31.0 Å². The average molecular weight is 516 g/mol. The number of amides is 1. The van der Waals surface area contributed by atoms with Gasteiger partial charge in [-0.2, -0.15) is 0 Å². The van der Waals surface area contributed by atoms with Crippen molar-refractivity contribution >= 4 is 23.1 Å². The summed E-state index contributed by atoms with van der Waals surface area (Å²) in [5.74, 6) is 0.770. The maximum absolute atomic E-state index is 13.5. The molecule has 8 nitrogen and oxygen atoms in total. The molecule has 0 radical (unpaired) electrons. The van der Waals surface area contributed by atoms with Crippen LogP contribution in [0.2, 0.25) is 0 Å². The number of nitrogens with zero attached hydrogens (tertiary/aromatic N) is 1. The summed E-state index contributed by atoms with van der Waals surface area (Å²) >= 11 is 0. The highest BCUT2D eigenvalue weighted by Gasteiger charge is 2.47. The smallest absolute Gasteiger partial charge is 0.300 e. The van der Waals surface area contributed by atoms with Gasteiger partial charge in [-0.25, -0.2) is 0 Å². The summed E-state index contributed by atoms with van der Waals surface area (Å²) in [5, 5.41) is 11.4. The highest BCUT2D eigenvalue weighted by atomic mass is 16.6. The fourth-order valence-electron chi connectivity index (χ4n) is 4.54. The van der Waals surface area contributed by atoms with E-state index in [1.165, 1.54) is 4.90 Å². The van der Waals surface area contributed by atoms with Gasteiger partial charge in [0.05, 0.1) is 25.3 Å². The number of anilines is 1. The summed E-state index contributed by atoms with van der Waals surface area (Å²) in [5.41, 5.74) is 1.43. The summed E-state index contributed by atoms with van der Waals surface area (Å²) in [6.07, 6.45) is 0. The minimum absolute atomic E-state index is 0.0277. The fourth-order valence-corrected chi connectivity index (χ4v) is 4.54. The van der Waals surface area contributed by atoms with Crippen LogP contribution in [0.15, 0.2) is 72.3 Å². The van der Waals surface area contributed by atoms with Crippen molar-refractivity contribution in [1.29, 1.82) is 0 Å². The van der Waals surface area contributed by atoms with Crippen LogP contribution < -0.4 is 23.8 Å². The Hall–Kier alpha value is -4.46. The highest BCUT2D eigenvalue weighted by molar-refractivity contribution is 6.51. The molecule has 0 bridgehead atoms. The third kappa shape index (κ3) is 4.77. The maximum Gasteiger partial charge on any atom is 0.300 e. The second-order valence-electron chi connectivity index (χ2n) is 9.50. The first kappa shape index (κ1) is 25.2. The number of rotatable bonds is 7. The standard InChI is InChI=1S/C30H29NO7/c1-18(2)17-38-22-10-8-21(9-11-22)31-27(19-5-4-6-23(15-19)35-3)26(29(33)30(31)34)28(32)20-7-12-24-25(16-20)37-14-13-36-24/h4-12,15-16,18,27,32H,13-14,17H2,1-3H3/b28-26-. The predicted octanol–water partition coefficient (Wildman–Crippen LogP) is 5.13. The number of aliphatic hydroxyl groups excluding tert-OH is 1. The number of fused-ring (bicyclic) bond motifs is 1. The first-order chi connectivity index (χ1) is 18.4. The Morgan fingerprint density at radius 1 is 0.974 bits per heavy atom. The molecule has 38 heavy (non-hydrogen) atoms. The molecule has 1 saturated heterocycles. The summed E-state index contributed by atoms with van der Waals surface area (Å²) in [4.78, 5) is 28.3. The zero-order valence-electron chi connectivity index (χ0n) is 21.5. The van der Waals surface area contributed by atoms with E-state index in [0.29, 0.717) is 65.6 Å². The number of ether oxygens (including phenoxy) is 4. The molecule has 5 rings (SSSR count). The number of carbonyl (C=O) groups excluding carboxylic acids is 2. The molecule has 3 aromatic carbocycles. The Bertz CT molecular complexity index is 1390. The summed E-state index contributed by atoms with van der Waals surface area (Å²) in [7, 11) is 1.54. The van der Waals surface area contributed by atoms with Crippen LogP contribution in [-0.2, 0) is 9.59 Å². The average Bonchev–Trinajstić information content (AvgIpc) is 3.21. The van der Waals surface area contributed by atoms with Crippen molar-refractivity contribution in [2.75, 3.05) is 31.8 Å². The van der Waals surface area contributed by atoms with Gasteiger partial charge >= 0.3 is 0 Å². The number of carbonyl (C=O) groups is 2. The molecular weight excluding hydrogens is 486 g/mol. The fraction of sp³-hybridized carbons (Fsp3) is 0.267. The Labute approximate surface area is 221 Å². The van der Waals surface area contributed by atoms with Gasteiger partial charge in [-0.15, -0.1) is 0 Å². The zero-order chi connectivity index (χ0) is 26.8. The van der Waals surface area contributed by atoms with Crippen molar-refractivity contribution < 1.29 is 33.6 Å². The van der Waals surface area contributed by atoms with Gasteiger partial charge in [0.25, 0.3) is 11.7 Å². The summed E-state index contributed by atoms with van der Waals surface area (Å²) in [6.45, 7) is 5.49. The van der Waals surface area contributed by atoms with Gasteiger partial charge in [-0.3, -0.25) is 14.5 Å². The monoisotopic (exact) mass is 515 g/mol. The van der Waals surface area contributed by atoms with Crippen molar-refractivity contribution in [3.63, 3.8) is 0 Å². The molecule has 1 atom stereocenters. The molecule has 196 valence electrons. The first-order valence-electron chi connectivity index (χ1n) is 12.4.